The van der Waals surface area contributed by atoms with Gasteiger partial charge in [-0.05, 0) is 126 Å². The fourth-order valence-corrected chi connectivity index (χ4v) is 8.06. The molecule has 3 unspecified atom stereocenters. The maximum absolute atomic E-state index is 13.9. The lowest BCUT2D eigenvalue weighted by molar-refractivity contribution is -0.146. The summed E-state index contributed by atoms with van der Waals surface area (Å²) in [5, 5.41) is 32.3. The number of carbonyl (C=O) groups is 3. The molecule has 0 aliphatic rings. The predicted octanol–water partition coefficient (Wildman–Crippen LogP) is 7.15. The van der Waals surface area contributed by atoms with Crippen molar-refractivity contribution in [2.24, 2.45) is 0 Å². The minimum absolute atomic E-state index is 0.0331. The Morgan fingerprint density at radius 1 is 0.455 bits per heavy atom. The lowest BCUT2D eigenvalue weighted by Gasteiger charge is -2.23. The molecule has 0 aliphatic heterocycles. The lowest BCUT2D eigenvalue weighted by atomic mass is 9.83. The first-order valence-electron chi connectivity index (χ1n) is 22.3. The van der Waals surface area contributed by atoms with Crippen molar-refractivity contribution in [2.45, 2.75) is 157 Å². The molecule has 0 radical (unpaired) electrons. The van der Waals surface area contributed by atoms with Crippen molar-refractivity contribution in [1.29, 1.82) is 0 Å². The summed E-state index contributed by atoms with van der Waals surface area (Å²) >= 11 is 0. The number of esters is 3. The molecular weight excluding hydrogens is 847 g/mol. The summed E-state index contributed by atoms with van der Waals surface area (Å²) in [6.07, 6.45) is 0. The highest BCUT2D eigenvalue weighted by molar-refractivity contribution is 5.80. The molecule has 360 valence electrons. The third-order valence-electron chi connectivity index (χ3n) is 12.1. The van der Waals surface area contributed by atoms with E-state index in [0.29, 0.717) is 33.4 Å². The van der Waals surface area contributed by atoms with Crippen LogP contribution in [-0.4, -0.2) is 66.7 Å². The number of aromatic hydroxyl groups is 3. The van der Waals surface area contributed by atoms with Gasteiger partial charge < -0.3 is 29.5 Å². The fourth-order valence-electron chi connectivity index (χ4n) is 8.06. The van der Waals surface area contributed by atoms with Crippen molar-refractivity contribution in [1.82, 2.24) is 13.7 Å². The van der Waals surface area contributed by atoms with E-state index in [4.69, 9.17) is 14.2 Å². The van der Waals surface area contributed by atoms with E-state index in [0.717, 1.165) is 30.4 Å². The van der Waals surface area contributed by atoms with Gasteiger partial charge in [0.15, 0.2) is 0 Å². The van der Waals surface area contributed by atoms with Crippen LogP contribution in [0.5, 0.6) is 17.2 Å². The first-order chi connectivity index (χ1) is 30.4. The van der Waals surface area contributed by atoms with Crippen molar-refractivity contribution in [3.05, 3.63) is 118 Å². The van der Waals surface area contributed by atoms with Gasteiger partial charge in [-0.15, -0.1) is 0 Å². The van der Waals surface area contributed by atoms with Crippen LogP contribution in [0.4, 0.5) is 0 Å². The Morgan fingerprint density at radius 2 is 0.667 bits per heavy atom. The number of hydrogen-bond donors (Lipinski definition) is 3. The second kappa shape index (κ2) is 20.2. The molecule has 3 N–H and O–H groups in total. The molecule has 0 fully saturated rings. The Morgan fingerprint density at radius 3 is 0.864 bits per heavy atom. The Hall–Kier alpha value is -6.12. The SMILES string of the molecule is Cc1cc(C(C)(C)C)c(O)cc1C(C)C(=O)OCCn1c(=O)n(CCOC(=O)C(C)c2cc(O)c(C(C)(C)C)cc2C)c(=O)n(CCOC(=O)C(C)c2cc(O)c(C(C)(C)C)cc2C)c1=O. The molecule has 0 aliphatic carbocycles. The molecule has 4 aromatic rings. The fraction of sp³-hybridized carbons (Fsp3) is 0.529. The van der Waals surface area contributed by atoms with Gasteiger partial charge in [0, 0.05) is 0 Å². The molecule has 1 heterocycles. The summed E-state index contributed by atoms with van der Waals surface area (Å²) in [5.74, 6) is -4.42. The second-order valence-electron chi connectivity index (χ2n) is 20.4. The van der Waals surface area contributed by atoms with E-state index in [9.17, 15) is 44.1 Å². The van der Waals surface area contributed by atoms with Gasteiger partial charge in [-0.3, -0.25) is 14.4 Å². The van der Waals surface area contributed by atoms with Gasteiger partial charge in [0.2, 0.25) is 0 Å². The number of carbonyl (C=O) groups excluding carboxylic acids is 3. The van der Waals surface area contributed by atoms with Crippen molar-refractivity contribution < 1.29 is 43.9 Å². The average Bonchev–Trinajstić information content (AvgIpc) is 3.21. The number of hydrogen-bond acceptors (Lipinski definition) is 12. The van der Waals surface area contributed by atoms with Gasteiger partial charge in [-0.25, -0.2) is 28.1 Å². The number of phenolic OH excluding ortho intramolecular Hbond substituents is 3. The van der Waals surface area contributed by atoms with Gasteiger partial charge in [0.25, 0.3) is 0 Å². The van der Waals surface area contributed by atoms with Gasteiger partial charge in [-0.2, -0.15) is 0 Å². The average molecular weight is 916 g/mol. The number of nitrogens with zero attached hydrogens (tertiary/aromatic N) is 3. The van der Waals surface area contributed by atoms with Crippen LogP contribution in [0, 0.1) is 20.8 Å². The number of phenols is 3. The number of aromatic nitrogens is 3. The molecule has 15 heteroatoms. The number of rotatable bonds is 15. The standard InChI is InChI=1S/C51H69N3O12/c1-28-22-37(49(7,8)9)40(55)25-34(28)31(4)43(58)64-19-16-52-46(61)53(17-20-65-44(59)32(5)35-26-41(56)38(23-29(35)2)50(10,11)12)48(63)54(47(52)62)18-21-66-45(60)33(6)36-27-42(57)39(24-30(36)3)51(13,14)15/h22-27,31-33,55-57H,16-21H2,1-15H3. The monoisotopic (exact) mass is 915 g/mol. The van der Waals surface area contributed by atoms with Gasteiger partial charge in [0.05, 0.1) is 37.4 Å². The zero-order valence-electron chi connectivity index (χ0n) is 41.3. The summed E-state index contributed by atoms with van der Waals surface area (Å²) < 4.78 is 18.8. The lowest BCUT2D eigenvalue weighted by Crippen LogP contribution is -2.55. The summed E-state index contributed by atoms with van der Waals surface area (Å²) in [7, 11) is 0. The van der Waals surface area contributed by atoms with E-state index in [1.165, 1.54) is 18.2 Å². The van der Waals surface area contributed by atoms with Crippen LogP contribution >= 0.6 is 0 Å². The van der Waals surface area contributed by atoms with Crippen LogP contribution in [0.25, 0.3) is 0 Å². The Balaban J connectivity index is 1.59. The highest BCUT2D eigenvalue weighted by atomic mass is 16.5. The second-order valence-corrected chi connectivity index (χ2v) is 20.4. The van der Waals surface area contributed by atoms with Crippen molar-refractivity contribution >= 4 is 17.9 Å². The normalized spacial score (nSPS) is 13.5. The van der Waals surface area contributed by atoms with Crippen LogP contribution < -0.4 is 17.1 Å². The first kappa shape index (κ1) is 52.5. The summed E-state index contributed by atoms with van der Waals surface area (Å²) in [4.78, 5) is 81.5. The van der Waals surface area contributed by atoms with Crippen LogP contribution in [0.1, 0.15) is 151 Å². The molecule has 1 aromatic heterocycles. The first-order valence-corrected chi connectivity index (χ1v) is 22.3. The van der Waals surface area contributed by atoms with Crippen molar-refractivity contribution in [3.63, 3.8) is 0 Å². The predicted molar refractivity (Wildman–Crippen MR) is 252 cm³/mol. The molecule has 0 saturated carbocycles. The van der Waals surface area contributed by atoms with E-state index < -0.39 is 92.2 Å². The summed E-state index contributed by atoms with van der Waals surface area (Å²) in [6, 6.07) is 10.1. The zero-order valence-corrected chi connectivity index (χ0v) is 41.3. The molecule has 0 saturated heterocycles. The number of ether oxygens (including phenoxy) is 3. The minimum atomic E-state index is -1.05. The largest absolute Gasteiger partial charge is 0.508 e. The maximum atomic E-state index is 13.9. The van der Waals surface area contributed by atoms with E-state index in [2.05, 4.69) is 0 Å². The van der Waals surface area contributed by atoms with Crippen LogP contribution in [0.3, 0.4) is 0 Å². The zero-order chi connectivity index (χ0) is 50.0. The highest BCUT2D eigenvalue weighted by Gasteiger charge is 2.28. The van der Waals surface area contributed by atoms with E-state index in [1.54, 1.807) is 20.8 Å². The summed E-state index contributed by atoms with van der Waals surface area (Å²) in [5.41, 5.74) is 1.84. The summed E-state index contributed by atoms with van der Waals surface area (Å²) in [6.45, 7) is 25.2. The highest BCUT2D eigenvalue weighted by Crippen LogP contribution is 2.38. The van der Waals surface area contributed by atoms with Crippen LogP contribution in [-0.2, 0) is 64.5 Å². The molecule has 0 bridgehead atoms. The topological polar surface area (TPSA) is 206 Å². The molecule has 0 spiro atoms. The number of aryl methyl sites for hydroxylation is 3. The molecule has 0 amide bonds. The Bertz CT molecular complexity index is 2350. The third-order valence-corrected chi connectivity index (χ3v) is 12.1. The molecule has 4 rings (SSSR count). The van der Waals surface area contributed by atoms with Gasteiger partial charge in [-0.1, -0.05) is 80.5 Å². The Kier molecular flexibility index (Phi) is 16.0. The molecular formula is C51H69N3O12. The molecule has 3 aromatic carbocycles. The molecule has 15 nitrogen and oxygen atoms in total. The van der Waals surface area contributed by atoms with Crippen molar-refractivity contribution in [3.8, 4) is 17.2 Å². The van der Waals surface area contributed by atoms with Crippen LogP contribution in [0.15, 0.2) is 50.8 Å². The van der Waals surface area contributed by atoms with E-state index in [-0.39, 0.29) is 33.5 Å². The van der Waals surface area contributed by atoms with Crippen LogP contribution in [0.2, 0.25) is 0 Å². The third kappa shape index (κ3) is 11.8. The molecule has 66 heavy (non-hydrogen) atoms. The van der Waals surface area contributed by atoms with E-state index in [1.807, 2.05) is 101 Å². The van der Waals surface area contributed by atoms with Gasteiger partial charge >= 0.3 is 35.0 Å². The smallest absolute Gasteiger partial charge is 0.336 e. The molecule has 3 atom stereocenters. The maximum Gasteiger partial charge on any atom is 0.336 e. The number of benzene rings is 3. The minimum Gasteiger partial charge on any atom is -0.508 e. The Labute approximate surface area is 387 Å². The van der Waals surface area contributed by atoms with Gasteiger partial charge in [0.1, 0.15) is 37.1 Å². The quantitative estimate of drug-likeness (QED) is 0.0804. The van der Waals surface area contributed by atoms with Crippen molar-refractivity contribution in [2.75, 3.05) is 19.8 Å². The van der Waals surface area contributed by atoms with E-state index >= 15 is 0 Å².